The Balaban J connectivity index is 1.16. The number of hydrogen-bond donors (Lipinski definition) is 0. The normalized spacial score (nSPS) is 11.8. The summed E-state index contributed by atoms with van der Waals surface area (Å²) >= 11 is 0. The SMILES string of the molecule is c1ccc(-c2nc(-c3ccccc3)nc(-c3cccc4oc5cc(-n6c7ccccc7c7c8ccccc8c8ccccc8c76)ccc5c34)n2)cc1. The maximum Gasteiger partial charge on any atom is 0.164 e. The molecule has 242 valence electrons. The molecule has 11 aromatic rings. The number of nitrogens with zero attached hydrogens (tertiary/aromatic N) is 4. The van der Waals surface area contributed by atoms with Gasteiger partial charge in [-0.3, -0.25) is 0 Å². The molecule has 11 rings (SSSR count). The van der Waals surface area contributed by atoms with Crippen molar-refractivity contribution in [2.75, 3.05) is 0 Å². The molecule has 5 heteroatoms. The Kier molecular flexibility index (Phi) is 6.18. The third-order valence-electron chi connectivity index (χ3n) is 10.2. The van der Waals surface area contributed by atoms with Gasteiger partial charge in [0.05, 0.1) is 11.0 Å². The van der Waals surface area contributed by atoms with E-state index >= 15 is 0 Å². The monoisotopic (exact) mass is 664 g/mol. The van der Waals surface area contributed by atoms with Gasteiger partial charge in [-0.1, -0.05) is 140 Å². The summed E-state index contributed by atoms with van der Waals surface area (Å²) in [5.74, 6) is 1.86. The van der Waals surface area contributed by atoms with Crippen molar-refractivity contribution in [1.82, 2.24) is 19.5 Å². The molecule has 5 nitrogen and oxygen atoms in total. The molecule has 0 aliphatic rings. The van der Waals surface area contributed by atoms with E-state index in [0.29, 0.717) is 17.5 Å². The van der Waals surface area contributed by atoms with E-state index in [4.69, 9.17) is 19.4 Å². The second-order valence-corrected chi connectivity index (χ2v) is 13.2. The van der Waals surface area contributed by atoms with Crippen LogP contribution in [-0.2, 0) is 0 Å². The number of aromatic nitrogens is 4. The molecule has 0 N–H and O–H groups in total. The van der Waals surface area contributed by atoms with Crippen LogP contribution in [-0.4, -0.2) is 19.5 Å². The molecule has 0 atom stereocenters. The fraction of sp³-hybridized carbons (Fsp3) is 0. The fourth-order valence-corrected chi connectivity index (χ4v) is 7.97. The Bertz CT molecular complexity index is 3120. The van der Waals surface area contributed by atoms with Gasteiger partial charge in [0.1, 0.15) is 11.2 Å². The van der Waals surface area contributed by atoms with Crippen molar-refractivity contribution >= 4 is 65.3 Å². The van der Waals surface area contributed by atoms with Gasteiger partial charge in [0.15, 0.2) is 17.5 Å². The van der Waals surface area contributed by atoms with Crippen LogP contribution in [0, 0.1) is 0 Å². The quantitative estimate of drug-likeness (QED) is 0.176. The van der Waals surface area contributed by atoms with E-state index in [-0.39, 0.29) is 0 Å². The van der Waals surface area contributed by atoms with Crippen LogP contribution in [0.4, 0.5) is 0 Å². The van der Waals surface area contributed by atoms with Crippen molar-refractivity contribution in [1.29, 1.82) is 0 Å². The zero-order chi connectivity index (χ0) is 34.2. The minimum Gasteiger partial charge on any atom is -0.456 e. The number of furan rings is 1. The van der Waals surface area contributed by atoms with Gasteiger partial charge in [-0.15, -0.1) is 0 Å². The number of fused-ring (bicyclic) bond motifs is 11. The Morgan fingerprint density at radius 1 is 0.385 bits per heavy atom. The summed E-state index contributed by atoms with van der Waals surface area (Å²) in [5.41, 5.74) is 7.74. The fourth-order valence-electron chi connectivity index (χ4n) is 7.97. The molecule has 0 saturated heterocycles. The van der Waals surface area contributed by atoms with Gasteiger partial charge in [-0.05, 0) is 40.4 Å². The van der Waals surface area contributed by atoms with Crippen molar-refractivity contribution in [3.63, 3.8) is 0 Å². The summed E-state index contributed by atoms with van der Waals surface area (Å²) in [6.07, 6.45) is 0. The molecule has 3 heterocycles. The highest BCUT2D eigenvalue weighted by Gasteiger charge is 2.21. The standard InChI is InChI=1S/C47H28N4O/c1-3-14-29(15-4-1)45-48-46(30-16-5-2-6-17-30)50-47(49-45)38-23-13-25-40-42(38)37-27-26-31(28-41(37)52-40)51-39-24-12-11-22-36(39)43-34-20-9-7-18-32(34)33-19-8-10-21-35(33)44(43)51/h1-28H. The number of hydrogen-bond acceptors (Lipinski definition) is 4. The number of benzene rings is 8. The van der Waals surface area contributed by atoms with E-state index in [1.807, 2.05) is 72.8 Å². The lowest BCUT2D eigenvalue weighted by Gasteiger charge is -2.12. The minimum absolute atomic E-state index is 0.603. The molecular formula is C47H28N4O. The third-order valence-corrected chi connectivity index (χ3v) is 10.2. The first-order chi connectivity index (χ1) is 25.8. The highest BCUT2D eigenvalue weighted by atomic mass is 16.3. The molecule has 0 amide bonds. The maximum atomic E-state index is 6.68. The Morgan fingerprint density at radius 2 is 0.962 bits per heavy atom. The van der Waals surface area contributed by atoms with Crippen molar-refractivity contribution in [3.8, 4) is 39.9 Å². The molecule has 3 aromatic heterocycles. The van der Waals surface area contributed by atoms with Crippen LogP contribution in [0.15, 0.2) is 174 Å². The van der Waals surface area contributed by atoms with Crippen LogP contribution in [0.2, 0.25) is 0 Å². The highest BCUT2D eigenvalue weighted by Crippen LogP contribution is 2.43. The second kappa shape index (κ2) is 11.2. The smallest absolute Gasteiger partial charge is 0.164 e. The summed E-state index contributed by atoms with van der Waals surface area (Å²) < 4.78 is 9.08. The summed E-state index contributed by atoms with van der Waals surface area (Å²) in [6, 6.07) is 59.0. The van der Waals surface area contributed by atoms with Crippen LogP contribution in [0.5, 0.6) is 0 Å². The third kappa shape index (κ3) is 4.26. The molecular weight excluding hydrogens is 637 g/mol. The predicted molar refractivity (Wildman–Crippen MR) is 213 cm³/mol. The van der Waals surface area contributed by atoms with Crippen LogP contribution in [0.25, 0.3) is 105 Å². The topological polar surface area (TPSA) is 56.7 Å². The number of para-hydroxylation sites is 1. The van der Waals surface area contributed by atoms with E-state index in [9.17, 15) is 0 Å². The number of rotatable bonds is 4. The Hall–Kier alpha value is -7.11. The summed E-state index contributed by atoms with van der Waals surface area (Å²) in [6.45, 7) is 0. The van der Waals surface area contributed by atoms with Crippen molar-refractivity contribution in [3.05, 3.63) is 170 Å². The van der Waals surface area contributed by atoms with E-state index in [2.05, 4.69) is 102 Å². The van der Waals surface area contributed by atoms with Gasteiger partial charge < -0.3 is 8.98 Å². The molecule has 0 radical (unpaired) electrons. The van der Waals surface area contributed by atoms with Crippen molar-refractivity contribution in [2.45, 2.75) is 0 Å². The zero-order valence-corrected chi connectivity index (χ0v) is 27.9. The summed E-state index contributed by atoms with van der Waals surface area (Å²) in [7, 11) is 0. The first-order valence-electron chi connectivity index (χ1n) is 17.5. The van der Waals surface area contributed by atoms with Gasteiger partial charge in [0, 0.05) is 55.4 Å². The van der Waals surface area contributed by atoms with E-state index in [1.165, 1.54) is 37.8 Å². The zero-order valence-electron chi connectivity index (χ0n) is 27.9. The van der Waals surface area contributed by atoms with Crippen molar-refractivity contribution in [2.24, 2.45) is 0 Å². The largest absolute Gasteiger partial charge is 0.456 e. The van der Waals surface area contributed by atoms with Gasteiger partial charge in [-0.2, -0.15) is 0 Å². The molecule has 0 unspecified atom stereocenters. The van der Waals surface area contributed by atoms with E-state index in [0.717, 1.165) is 49.8 Å². The molecule has 0 aliphatic heterocycles. The molecule has 0 aliphatic carbocycles. The maximum absolute atomic E-state index is 6.68. The Morgan fingerprint density at radius 3 is 1.67 bits per heavy atom. The van der Waals surface area contributed by atoms with Crippen LogP contribution in [0.1, 0.15) is 0 Å². The average Bonchev–Trinajstić information content (AvgIpc) is 3.77. The van der Waals surface area contributed by atoms with E-state index < -0.39 is 0 Å². The Labute approximate surface area is 298 Å². The predicted octanol–water partition coefficient (Wildman–Crippen LogP) is 12.2. The lowest BCUT2D eigenvalue weighted by molar-refractivity contribution is 0.668. The van der Waals surface area contributed by atoms with Crippen LogP contribution < -0.4 is 0 Å². The molecule has 0 bridgehead atoms. The molecule has 8 aromatic carbocycles. The summed E-state index contributed by atoms with van der Waals surface area (Å²) in [4.78, 5) is 15.0. The van der Waals surface area contributed by atoms with Crippen LogP contribution >= 0.6 is 0 Å². The van der Waals surface area contributed by atoms with E-state index in [1.54, 1.807) is 0 Å². The van der Waals surface area contributed by atoms with Gasteiger partial charge in [0.25, 0.3) is 0 Å². The van der Waals surface area contributed by atoms with Gasteiger partial charge in [0.2, 0.25) is 0 Å². The minimum atomic E-state index is 0.603. The highest BCUT2D eigenvalue weighted by molar-refractivity contribution is 6.32. The van der Waals surface area contributed by atoms with Crippen molar-refractivity contribution < 1.29 is 4.42 Å². The molecule has 52 heavy (non-hydrogen) atoms. The lowest BCUT2D eigenvalue weighted by Crippen LogP contribution is -2.00. The first-order valence-corrected chi connectivity index (χ1v) is 17.5. The van der Waals surface area contributed by atoms with Gasteiger partial charge >= 0.3 is 0 Å². The average molecular weight is 665 g/mol. The van der Waals surface area contributed by atoms with Crippen LogP contribution in [0.3, 0.4) is 0 Å². The molecule has 0 spiro atoms. The first kappa shape index (κ1) is 28.7. The lowest BCUT2D eigenvalue weighted by atomic mass is 9.97. The second-order valence-electron chi connectivity index (χ2n) is 13.2. The molecule has 0 fully saturated rings. The van der Waals surface area contributed by atoms with Gasteiger partial charge in [-0.25, -0.2) is 15.0 Å². The molecule has 0 saturated carbocycles. The summed E-state index contributed by atoms with van der Waals surface area (Å²) in [5, 5.41) is 9.45.